The minimum atomic E-state index is -0.484. The van der Waals surface area contributed by atoms with Gasteiger partial charge in [0.15, 0.2) is 0 Å². The van der Waals surface area contributed by atoms with Gasteiger partial charge in [0.05, 0.1) is 24.5 Å². The number of likely N-dealkylation sites (N-methyl/N-ethyl adjacent to an activating group) is 1. The highest BCUT2D eigenvalue weighted by Crippen LogP contribution is 2.31. The number of methoxy groups -OCH3 is 2. The minimum absolute atomic E-state index is 0.445. The average Bonchev–Trinajstić information content (AvgIpc) is 2.72. The maximum absolute atomic E-state index is 11.8. The van der Waals surface area contributed by atoms with Crippen LogP contribution in [0.4, 0.5) is 11.4 Å². The van der Waals surface area contributed by atoms with Crippen LogP contribution in [0.25, 0.3) is 0 Å². The summed E-state index contributed by atoms with van der Waals surface area (Å²) < 4.78 is 10.2. The largest absolute Gasteiger partial charge is 0.383 e. The van der Waals surface area contributed by atoms with E-state index in [2.05, 4.69) is 4.90 Å². The zero-order chi connectivity index (χ0) is 15.4. The van der Waals surface area contributed by atoms with Crippen LogP contribution >= 0.6 is 0 Å². The van der Waals surface area contributed by atoms with Crippen LogP contribution < -0.4 is 9.80 Å². The zero-order valence-electron chi connectivity index (χ0n) is 12.6. The zero-order valence-corrected chi connectivity index (χ0v) is 12.6. The van der Waals surface area contributed by atoms with Gasteiger partial charge in [0.1, 0.15) is 0 Å². The quantitative estimate of drug-likeness (QED) is 0.700. The molecule has 1 aromatic carbocycles. The number of carbonyl (C=O) groups is 2. The van der Waals surface area contributed by atoms with Crippen molar-refractivity contribution < 1.29 is 19.1 Å². The molecule has 21 heavy (non-hydrogen) atoms. The van der Waals surface area contributed by atoms with Crippen LogP contribution in [0.5, 0.6) is 0 Å². The summed E-state index contributed by atoms with van der Waals surface area (Å²) in [5, 5.41) is 0. The van der Waals surface area contributed by atoms with Gasteiger partial charge in [0.25, 0.3) is 11.7 Å². The summed E-state index contributed by atoms with van der Waals surface area (Å²) in [5.41, 5.74) is 2.06. The molecule has 0 saturated heterocycles. The van der Waals surface area contributed by atoms with Crippen LogP contribution in [0, 0.1) is 0 Å². The number of hydrogen-bond acceptors (Lipinski definition) is 5. The van der Waals surface area contributed by atoms with Gasteiger partial charge in [-0.1, -0.05) is 0 Å². The van der Waals surface area contributed by atoms with E-state index in [-0.39, 0.29) is 0 Å². The maximum atomic E-state index is 11.8. The van der Waals surface area contributed by atoms with Crippen molar-refractivity contribution in [2.45, 2.75) is 0 Å². The molecule has 0 aliphatic carbocycles. The van der Waals surface area contributed by atoms with E-state index in [0.29, 0.717) is 37.6 Å². The predicted molar refractivity (Wildman–Crippen MR) is 80.1 cm³/mol. The second-order valence-electron chi connectivity index (χ2n) is 4.87. The second kappa shape index (κ2) is 6.69. The maximum Gasteiger partial charge on any atom is 0.299 e. The molecule has 114 valence electrons. The number of ketones is 1. The first-order chi connectivity index (χ1) is 10.1. The van der Waals surface area contributed by atoms with Gasteiger partial charge >= 0.3 is 0 Å². The molecule has 0 radical (unpaired) electrons. The van der Waals surface area contributed by atoms with Crippen LogP contribution in [0.1, 0.15) is 10.4 Å². The van der Waals surface area contributed by atoms with Crippen LogP contribution in [-0.4, -0.2) is 59.3 Å². The van der Waals surface area contributed by atoms with E-state index in [4.69, 9.17) is 9.47 Å². The molecule has 1 amide bonds. The lowest BCUT2D eigenvalue weighted by Gasteiger charge is -2.25. The van der Waals surface area contributed by atoms with Crippen molar-refractivity contribution >= 4 is 23.1 Å². The highest BCUT2D eigenvalue weighted by Gasteiger charge is 2.33. The third-order valence-corrected chi connectivity index (χ3v) is 3.58. The SMILES string of the molecule is COCCN(CCOC)c1ccc2c(c1)N(C)C(=O)C2=O. The first-order valence-corrected chi connectivity index (χ1v) is 6.79. The Balaban J connectivity index is 2.26. The van der Waals surface area contributed by atoms with Gasteiger partial charge in [-0.3, -0.25) is 9.59 Å². The van der Waals surface area contributed by atoms with Crippen molar-refractivity contribution in [1.29, 1.82) is 0 Å². The number of Topliss-reactive ketones (excluding diaryl/α,β-unsaturated/α-hetero) is 1. The molecule has 1 aliphatic rings. The lowest BCUT2D eigenvalue weighted by atomic mass is 10.1. The number of hydrogen-bond donors (Lipinski definition) is 0. The number of fused-ring (bicyclic) bond motifs is 1. The Kier molecular flexibility index (Phi) is 4.93. The molecule has 0 unspecified atom stereocenters. The Morgan fingerprint density at radius 2 is 1.71 bits per heavy atom. The molecule has 0 fully saturated rings. The van der Waals surface area contributed by atoms with Crippen molar-refractivity contribution in [3.8, 4) is 0 Å². The minimum Gasteiger partial charge on any atom is -0.383 e. The van der Waals surface area contributed by atoms with E-state index < -0.39 is 11.7 Å². The molecule has 0 N–H and O–H groups in total. The first kappa shape index (κ1) is 15.5. The van der Waals surface area contributed by atoms with Crippen LogP contribution in [0.3, 0.4) is 0 Å². The van der Waals surface area contributed by atoms with Gasteiger partial charge in [-0.15, -0.1) is 0 Å². The monoisotopic (exact) mass is 292 g/mol. The van der Waals surface area contributed by atoms with E-state index in [9.17, 15) is 9.59 Å². The molecule has 1 heterocycles. The van der Waals surface area contributed by atoms with Crippen molar-refractivity contribution in [3.05, 3.63) is 23.8 Å². The topological polar surface area (TPSA) is 59.1 Å². The number of rotatable bonds is 7. The summed E-state index contributed by atoms with van der Waals surface area (Å²) in [5.74, 6) is -0.929. The number of nitrogens with zero attached hydrogens (tertiary/aromatic N) is 2. The molecule has 6 nitrogen and oxygen atoms in total. The number of amides is 1. The standard InChI is InChI=1S/C15H20N2O4/c1-16-13-10-11(4-5-12(13)14(18)15(16)19)17(6-8-20-2)7-9-21-3/h4-5,10H,6-9H2,1-3H3. The summed E-state index contributed by atoms with van der Waals surface area (Å²) >= 11 is 0. The first-order valence-electron chi connectivity index (χ1n) is 6.79. The van der Waals surface area contributed by atoms with Crippen LogP contribution in [0.15, 0.2) is 18.2 Å². The van der Waals surface area contributed by atoms with Crippen LogP contribution in [0.2, 0.25) is 0 Å². The second-order valence-corrected chi connectivity index (χ2v) is 4.87. The Bertz CT molecular complexity index is 536. The van der Waals surface area contributed by atoms with E-state index in [1.165, 1.54) is 4.90 Å². The van der Waals surface area contributed by atoms with E-state index >= 15 is 0 Å². The molecule has 6 heteroatoms. The van der Waals surface area contributed by atoms with E-state index in [1.807, 2.05) is 12.1 Å². The van der Waals surface area contributed by atoms with Crippen molar-refractivity contribution in [2.75, 3.05) is 57.4 Å². The molecule has 1 aromatic rings. The Morgan fingerprint density at radius 1 is 1.10 bits per heavy atom. The molecular weight excluding hydrogens is 272 g/mol. The fourth-order valence-corrected chi connectivity index (χ4v) is 2.34. The molecular formula is C15H20N2O4. The van der Waals surface area contributed by atoms with Crippen molar-refractivity contribution in [3.63, 3.8) is 0 Å². The van der Waals surface area contributed by atoms with Gasteiger partial charge in [-0.25, -0.2) is 0 Å². The average molecular weight is 292 g/mol. The predicted octanol–water partition coefficient (Wildman–Crippen LogP) is 0.945. The van der Waals surface area contributed by atoms with Crippen LogP contribution in [-0.2, 0) is 14.3 Å². The number of ether oxygens (including phenoxy) is 2. The van der Waals surface area contributed by atoms with Gasteiger partial charge in [-0.2, -0.15) is 0 Å². The van der Waals surface area contributed by atoms with Crippen molar-refractivity contribution in [2.24, 2.45) is 0 Å². The summed E-state index contributed by atoms with van der Waals surface area (Å²) in [6.45, 7) is 2.61. The summed E-state index contributed by atoms with van der Waals surface area (Å²) in [6, 6.07) is 5.43. The van der Waals surface area contributed by atoms with Gasteiger partial charge in [0, 0.05) is 40.0 Å². The molecule has 1 aliphatic heterocycles. The Labute approximate surface area is 124 Å². The summed E-state index contributed by atoms with van der Waals surface area (Å²) in [4.78, 5) is 27.0. The molecule has 0 bridgehead atoms. The van der Waals surface area contributed by atoms with Gasteiger partial charge in [-0.05, 0) is 18.2 Å². The van der Waals surface area contributed by atoms with Gasteiger partial charge in [0.2, 0.25) is 0 Å². The summed E-state index contributed by atoms with van der Waals surface area (Å²) in [7, 11) is 4.93. The number of anilines is 2. The third kappa shape index (κ3) is 3.06. The fraction of sp³-hybridized carbons (Fsp3) is 0.467. The molecule has 2 rings (SSSR count). The smallest absolute Gasteiger partial charge is 0.299 e. The van der Waals surface area contributed by atoms with E-state index in [0.717, 1.165) is 5.69 Å². The summed E-state index contributed by atoms with van der Waals surface area (Å²) in [6.07, 6.45) is 0. The highest BCUT2D eigenvalue weighted by molar-refractivity contribution is 6.52. The van der Waals surface area contributed by atoms with Gasteiger partial charge < -0.3 is 19.3 Å². The molecule has 0 atom stereocenters. The molecule has 0 aromatic heterocycles. The van der Waals surface area contributed by atoms with Crippen molar-refractivity contribution in [1.82, 2.24) is 0 Å². The molecule has 0 spiro atoms. The highest BCUT2D eigenvalue weighted by atomic mass is 16.5. The number of carbonyl (C=O) groups excluding carboxylic acids is 2. The Morgan fingerprint density at radius 3 is 2.29 bits per heavy atom. The fourth-order valence-electron chi connectivity index (χ4n) is 2.34. The third-order valence-electron chi connectivity index (χ3n) is 3.58. The number of benzene rings is 1. The Hall–Kier alpha value is -1.92. The molecule has 0 saturated carbocycles. The van der Waals surface area contributed by atoms with E-state index in [1.54, 1.807) is 27.3 Å². The lowest BCUT2D eigenvalue weighted by molar-refractivity contribution is -0.114. The lowest BCUT2D eigenvalue weighted by Crippen LogP contribution is -2.30. The normalized spacial score (nSPS) is 13.8.